The molecule has 0 saturated carbocycles. The minimum atomic E-state index is -0.392. The summed E-state index contributed by atoms with van der Waals surface area (Å²) in [6.45, 7) is 1.20. The van der Waals surface area contributed by atoms with Crippen molar-refractivity contribution < 1.29 is 9.66 Å². The van der Waals surface area contributed by atoms with Crippen molar-refractivity contribution in [3.63, 3.8) is 0 Å². The number of nitro groups is 1. The maximum Gasteiger partial charge on any atom is 0.269 e. The number of methoxy groups -OCH3 is 1. The number of nitro benzene ring substituents is 1. The summed E-state index contributed by atoms with van der Waals surface area (Å²) < 4.78 is 4.98. The third-order valence-corrected chi connectivity index (χ3v) is 2.79. The molecule has 0 fully saturated rings. The van der Waals surface area contributed by atoms with Gasteiger partial charge < -0.3 is 10.1 Å². The molecule has 20 heavy (non-hydrogen) atoms. The third kappa shape index (κ3) is 3.76. The summed E-state index contributed by atoms with van der Waals surface area (Å²) in [5.41, 5.74) is 2.01. The van der Waals surface area contributed by atoms with E-state index in [0.29, 0.717) is 19.0 Å². The molecule has 0 aliphatic carbocycles. The van der Waals surface area contributed by atoms with Gasteiger partial charge in [-0.1, -0.05) is 18.2 Å². The number of nitrogens with one attached hydrogen (secondary N) is 1. The summed E-state index contributed by atoms with van der Waals surface area (Å²) in [4.78, 5) is 14.4. The number of non-ortho nitro benzene ring substituents is 1. The monoisotopic (exact) mass is 273 g/mol. The second kappa shape index (κ2) is 6.63. The predicted molar refractivity (Wildman–Crippen MR) is 74.4 cm³/mol. The zero-order chi connectivity index (χ0) is 14.4. The number of ether oxygens (including phenoxy) is 1. The van der Waals surface area contributed by atoms with Crippen LogP contribution in [0.1, 0.15) is 11.1 Å². The lowest BCUT2D eigenvalue weighted by Crippen LogP contribution is -2.12. The van der Waals surface area contributed by atoms with E-state index in [1.807, 2.05) is 12.1 Å². The highest BCUT2D eigenvalue weighted by atomic mass is 16.6. The molecule has 1 aromatic carbocycles. The largest absolute Gasteiger partial charge is 0.481 e. The van der Waals surface area contributed by atoms with Gasteiger partial charge in [0.25, 0.3) is 5.69 Å². The van der Waals surface area contributed by atoms with Crippen molar-refractivity contribution in [3.05, 3.63) is 63.8 Å². The molecular formula is C14H15N3O3. The van der Waals surface area contributed by atoms with E-state index in [-0.39, 0.29) is 5.69 Å². The molecule has 0 aliphatic heterocycles. The lowest BCUT2D eigenvalue weighted by atomic mass is 10.2. The maximum atomic E-state index is 10.7. The molecule has 1 heterocycles. The van der Waals surface area contributed by atoms with Gasteiger partial charge in [-0.25, -0.2) is 4.98 Å². The van der Waals surface area contributed by atoms with E-state index in [4.69, 9.17) is 4.74 Å². The molecule has 2 aromatic rings. The summed E-state index contributed by atoms with van der Waals surface area (Å²) in [6, 6.07) is 10.3. The molecule has 0 saturated heterocycles. The predicted octanol–water partition coefficient (Wildman–Crippen LogP) is 2.29. The van der Waals surface area contributed by atoms with Gasteiger partial charge in [0.05, 0.1) is 12.0 Å². The fraction of sp³-hybridized carbons (Fsp3) is 0.214. The Labute approximate surface area is 116 Å². The smallest absolute Gasteiger partial charge is 0.269 e. The number of rotatable bonds is 6. The second-order valence-corrected chi connectivity index (χ2v) is 4.24. The van der Waals surface area contributed by atoms with Crippen molar-refractivity contribution in [3.8, 4) is 5.88 Å². The molecule has 0 unspecified atom stereocenters. The SMILES string of the molecule is COc1ccc(CNCc2cccc([N+](=O)[O-])c2)cn1. The van der Waals surface area contributed by atoms with Gasteiger partial charge in [0.15, 0.2) is 0 Å². The number of aromatic nitrogens is 1. The molecule has 6 heteroatoms. The molecule has 0 aliphatic rings. The van der Waals surface area contributed by atoms with E-state index < -0.39 is 4.92 Å². The zero-order valence-electron chi connectivity index (χ0n) is 11.1. The fourth-order valence-electron chi connectivity index (χ4n) is 1.77. The number of benzene rings is 1. The molecule has 0 radical (unpaired) electrons. The van der Waals surface area contributed by atoms with Crippen LogP contribution in [0.4, 0.5) is 5.69 Å². The van der Waals surface area contributed by atoms with Crippen LogP contribution in [0.3, 0.4) is 0 Å². The topological polar surface area (TPSA) is 77.3 Å². The van der Waals surface area contributed by atoms with Gasteiger partial charge in [0.2, 0.25) is 5.88 Å². The molecule has 1 aromatic heterocycles. The Morgan fingerprint density at radius 1 is 1.25 bits per heavy atom. The summed E-state index contributed by atoms with van der Waals surface area (Å²) in [5, 5.41) is 13.9. The van der Waals surface area contributed by atoms with Gasteiger partial charge in [-0.15, -0.1) is 0 Å². The van der Waals surface area contributed by atoms with Gasteiger partial charge in [0, 0.05) is 37.5 Å². The highest BCUT2D eigenvalue weighted by Crippen LogP contribution is 2.13. The molecule has 2 rings (SSSR count). The molecule has 0 spiro atoms. The lowest BCUT2D eigenvalue weighted by Gasteiger charge is -2.05. The summed E-state index contributed by atoms with van der Waals surface area (Å²) in [7, 11) is 1.57. The van der Waals surface area contributed by atoms with Crippen molar-refractivity contribution in [2.24, 2.45) is 0 Å². The first-order valence-electron chi connectivity index (χ1n) is 6.12. The minimum Gasteiger partial charge on any atom is -0.481 e. The normalized spacial score (nSPS) is 10.2. The third-order valence-electron chi connectivity index (χ3n) is 2.79. The average Bonchev–Trinajstić information content (AvgIpc) is 2.48. The zero-order valence-corrected chi connectivity index (χ0v) is 11.1. The molecule has 0 amide bonds. The Morgan fingerprint density at radius 2 is 2.05 bits per heavy atom. The van der Waals surface area contributed by atoms with Crippen molar-refractivity contribution in [1.29, 1.82) is 0 Å². The summed E-state index contributed by atoms with van der Waals surface area (Å²) >= 11 is 0. The Hall–Kier alpha value is -2.47. The Morgan fingerprint density at radius 3 is 2.70 bits per heavy atom. The molecule has 6 nitrogen and oxygen atoms in total. The quantitative estimate of drug-likeness (QED) is 0.645. The van der Waals surface area contributed by atoms with Gasteiger partial charge in [-0.2, -0.15) is 0 Å². The molecule has 104 valence electrons. The van der Waals surface area contributed by atoms with Gasteiger partial charge in [0.1, 0.15) is 0 Å². The Bertz CT molecular complexity index is 584. The van der Waals surface area contributed by atoms with Crippen LogP contribution in [0, 0.1) is 10.1 Å². The van der Waals surface area contributed by atoms with Crippen LogP contribution in [-0.2, 0) is 13.1 Å². The summed E-state index contributed by atoms with van der Waals surface area (Å²) in [5.74, 6) is 0.576. The van der Waals surface area contributed by atoms with Gasteiger partial charge >= 0.3 is 0 Å². The first-order valence-corrected chi connectivity index (χ1v) is 6.12. The molecule has 0 atom stereocenters. The molecule has 1 N–H and O–H groups in total. The minimum absolute atomic E-state index is 0.107. The van der Waals surface area contributed by atoms with E-state index in [1.54, 1.807) is 31.5 Å². The van der Waals surface area contributed by atoms with Crippen molar-refractivity contribution in [1.82, 2.24) is 10.3 Å². The first kappa shape index (κ1) is 14.0. The Balaban J connectivity index is 1.88. The van der Waals surface area contributed by atoms with Crippen LogP contribution < -0.4 is 10.1 Å². The highest BCUT2D eigenvalue weighted by Gasteiger charge is 2.05. The summed E-state index contributed by atoms with van der Waals surface area (Å²) in [6.07, 6.45) is 1.74. The van der Waals surface area contributed by atoms with Crippen LogP contribution in [0.2, 0.25) is 0 Å². The lowest BCUT2D eigenvalue weighted by molar-refractivity contribution is -0.384. The van der Waals surface area contributed by atoms with E-state index in [0.717, 1.165) is 11.1 Å². The maximum absolute atomic E-state index is 10.7. The number of nitrogens with zero attached hydrogens (tertiary/aromatic N) is 2. The first-order chi connectivity index (χ1) is 9.69. The van der Waals surface area contributed by atoms with Crippen LogP contribution >= 0.6 is 0 Å². The highest BCUT2D eigenvalue weighted by molar-refractivity contribution is 5.34. The second-order valence-electron chi connectivity index (χ2n) is 4.24. The number of hydrogen-bond acceptors (Lipinski definition) is 5. The van der Waals surface area contributed by atoms with Crippen LogP contribution in [0.15, 0.2) is 42.6 Å². The van der Waals surface area contributed by atoms with Crippen molar-refractivity contribution in [2.45, 2.75) is 13.1 Å². The van der Waals surface area contributed by atoms with E-state index in [9.17, 15) is 10.1 Å². The van der Waals surface area contributed by atoms with E-state index in [2.05, 4.69) is 10.3 Å². The molecule has 0 bridgehead atoms. The van der Waals surface area contributed by atoms with Crippen LogP contribution in [0.5, 0.6) is 5.88 Å². The standard InChI is InChI=1S/C14H15N3O3/c1-20-14-6-5-12(10-16-14)9-15-8-11-3-2-4-13(7-11)17(18)19/h2-7,10,15H,8-9H2,1H3. The van der Waals surface area contributed by atoms with E-state index in [1.165, 1.54) is 6.07 Å². The van der Waals surface area contributed by atoms with Crippen LogP contribution in [0.25, 0.3) is 0 Å². The van der Waals surface area contributed by atoms with Crippen molar-refractivity contribution >= 4 is 5.69 Å². The van der Waals surface area contributed by atoms with Crippen LogP contribution in [-0.4, -0.2) is 17.0 Å². The average molecular weight is 273 g/mol. The van der Waals surface area contributed by atoms with Crippen molar-refractivity contribution in [2.75, 3.05) is 7.11 Å². The molecular weight excluding hydrogens is 258 g/mol. The number of hydrogen-bond donors (Lipinski definition) is 1. The number of pyridine rings is 1. The Kier molecular flexibility index (Phi) is 4.62. The fourth-order valence-corrected chi connectivity index (χ4v) is 1.77. The van der Waals surface area contributed by atoms with Gasteiger partial charge in [-0.05, 0) is 11.1 Å². The van der Waals surface area contributed by atoms with Gasteiger partial charge in [-0.3, -0.25) is 10.1 Å². The van der Waals surface area contributed by atoms with E-state index >= 15 is 0 Å².